The van der Waals surface area contributed by atoms with Gasteiger partial charge < -0.3 is 5.73 Å². The van der Waals surface area contributed by atoms with Crippen LogP contribution in [0.3, 0.4) is 0 Å². The Bertz CT molecular complexity index is 409. The highest BCUT2D eigenvalue weighted by atomic mass is 16.1. The molecule has 2 rings (SSSR count). The van der Waals surface area contributed by atoms with Crippen molar-refractivity contribution >= 4 is 5.91 Å². The number of nitrogens with two attached hydrogens (primary N) is 1. The number of primary amides is 1. The number of aromatic nitrogens is 2. The Morgan fingerprint density at radius 2 is 2.26 bits per heavy atom. The van der Waals surface area contributed by atoms with Crippen molar-refractivity contribution in [3.05, 3.63) is 18.0 Å². The molecular weight excluding hydrogens is 240 g/mol. The summed E-state index contributed by atoms with van der Waals surface area (Å²) in [5.74, 6) is -0.318. The van der Waals surface area contributed by atoms with Gasteiger partial charge in [0, 0.05) is 24.3 Å². The van der Waals surface area contributed by atoms with Crippen LogP contribution in [0.5, 0.6) is 0 Å². The second-order valence-corrected chi connectivity index (χ2v) is 5.37. The van der Waals surface area contributed by atoms with Crippen LogP contribution in [0.2, 0.25) is 0 Å². The monoisotopic (exact) mass is 264 g/mol. The van der Waals surface area contributed by atoms with Crippen LogP contribution in [0.1, 0.15) is 57.1 Å². The molecule has 3 N–H and O–H groups in total. The van der Waals surface area contributed by atoms with Crippen LogP contribution in [-0.2, 0) is 11.3 Å². The topological polar surface area (TPSA) is 72.9 Å². The molecule has 1 aliphatic rings. The van der Waals surface area contributed by atoms with Crippen LogP contribution in [0.25, 0.3) is 0 Å². The summed E-state index contributed by atoms with van der Waals surface area (Å²) < 4.78 is 1.87. The average Bonchev–Trinajstić information content (AvgIpc) is 2.85. The molecule has 1 aliphatic carbocycles. The lowest BCUT2D eigenvalue weighted by Gasteiger charge is -2.26. The quantitative estimate of drug-likeness (QED) is 0.822. The van der Waals surface area contributed by atoms with Crippen molar-refractivity contribution in [2.75, 3.05) is 0 Å². The number of hydrogen-bond acceptors (Lipinski definition) is 3. The van der Waals surface area contributed by atoms with E-state index >= 15 is 0 Å². The molecule has 0 spiro atoms. The summed E-state index contributed by atoms with van der Waals surface area (Å²) in [5, 5.41) is 7.67. The highest BCUT2D eigenvalue weighted by Crippen LogP contribution is 2.21. The first kappa shape index (κ1) is 14.1. The van der Waals surface area contributed by atoms with Crippen LogP contribution in [0.4, 0.5) is 0 Å². The number of hydrogen-bond donors (Lipinski definition) is 2. The first-order chi connectivity index (χ1) is 9.20. The van der Waals surface area contributed by atoms with Crippen molar-refractivity contribution in [2.24, 2.45) is 5.73 Å². The third kappa shape index (κ3) is 3.80. The number of rotatable bonds is 6. The second-order valence-electron chi connectivity index (χ2n) is 5.37. The Labute approximate surface area is 114 Å². The number of amides is 1. The normalized spacial score (nSPS) is 18.4. The molecule has 106 valence electrons. The van der Waals surface area contributed by atoms with Gasteiger partial charge in [0.1, 0.15) is 6.04 Å². The molecule has 0 radical (unpaired) electrons. The molecule has 0 aromatic carbocycles. The molecule has 1 aromatic rings. The Kier molecular flexibility index (Phi) is 4.96. The van der Waals surface area contributed by atoms with Crippen molar-refractivity contribution in [3.8, 4) is 0 Å². The highest BCUT2D eigenvalue weighted by Gasteiger charge is 2.24. The molecule has 5 heteroatoms. The van der Waals surface area contributed by atoms with Crippen LogP contribution < -0.4 is 11.1 Å². The Hall–Kier alpha value is -1.36. The molecule has 1 aromatic heterocycles. The highest BCUT2D eigenvalue weighted by molar-refractivity contribution is 5.81. The van der Waals surface area contributed by atoms with Crippen LogP contribution >= 0.6 is 0 Å². The maximum Gasteiger partial charge on any atom is 0.239 e. The molecule has 5 nitrogen and oxygen atoms in total. The standard InChI is InChI=1S/C14H24N4O/c1-2-8-18-10-11(9-16-18)13(14(15)19)17-12-6-4-3-5-7-12/h9-10,12-13,17H,2-8H2,1H3,(H2,15,19). The van der Waals surface area contributed by atoms with Gasteiger partial charge in [-0.25, -0.2) is 0 Å². The number of nitrogens with zero attached hydrogens (tertiary/aromatic N) is 2. The van der Waals surface area contributed by atoms with Crippen molar-refractivity contribution in [1.29, 1.82) is 0 Å². The smallest absolute Gasteiger partial charge is 0.239 e. The van der Waals surface area contributed by atoms with E-state index in [1.807, 2.05) is 10.9 Å². The molecule has 1 unspecified atom stereocenters. The van der Waals surface area contributed by atoms with E-state index < -0.39 is 6.04 Å². The molecule has 1 heterocycles. The van der Waals surface area contributed by atoms with Crippen LogP contribution in [0.15, 0.2) is 12.4 Å². The molecular formula is C14H24N4O. The van der Waals surface area contributed by atoms with E-state index in [1.54, 1.807) is 6.20 Å². The van der Waals surface area contributed by atoms with Crippen molar-refractivity contribution in [3.63, 3.8) is 0 Å². The van der Waals surface area contributed by atoms with E-state index in [4.69, 9.17) is 5.73 Å². The maximum atomic E-state index is 11.7. The van der Waals surface area contributed by atoms with Gasteiger partial charge in [-0.1, -0.05) is 26.2 Å². The van der Waals surface area contributed by atoms with Crippen LogP contribution in [0, 0.1) is 0 Å². The van der Waals surface area contributed by atoms with Crippen molar-refractivity contribution < 1.29 is 4.79 Å². The molecule has 1 saturated carbocycles. The predicted molar refractivity (Wildman–Crippen MR) is 74.5 cm³/mol. The van der Waals surface area contributed by atoms with Crippen LogP contribution in [-0.4, -0.2) is 21.7 Å². The lowest BCUT2D eigenvalue weighted by Crippen LogP contribution is -2.40. The van der Waals surface area contributed by atoms with E-state index in [0.29, 0.717) is 6.04 Å². The summed E-state index contributed by atoms with van der Waals surface area (Å²) in [6, 6.07) is -0.00511. The van der Waals surface area contributed by atoms with Gasteiger partial charge in [-0.2, -0.15) is 5.10 Å². The van der Waals surface area contributed by atoms with E-state index in [-0.39, 0.29) is 5.91 Å². The SMILES string of the molecule is CCCn1cc(C(NC2CCCCC2)C(N)=O)cn1. The van der Waals surface area contributed by atoms with Gasteiger partial charge in [-0.05, 0) is 19.3 Å². The van der Waals surface area contributed by atoms with Gasteiger partial charge in [-0.3, -0.25) is 14.8 Å². The number of carbonyl (C=O) groups is 1. The first-order valence-electron chi connectivity index (χ1n) is 7.28. The largest absolute Gasteiger partial charge is 0.368 e. The number of nitrogens with one attached hydrogen (secondary N) is 1. The zero-order valence-electron chi connectivity index (χ0n) is 11.6. The summed E-state index contributed by atoms with van der Waals surface area (Å²) in [6.07, 6.45) is 10.7. The predicted octanol–water partition coefficient (Wildman–Crippen LogP) is 1.74. The first-order valence-corrected chi connectivity index (χ1v) is 7.28. The minimum absolute atomic E-state index is 0.318. The van der Waals surface area contributed by atoms with Gasteiger partial charge in [0.2, 0.25) is 5.91 Å². The Morgan fingerprint density at radius 3 is 2.89 bits per heavy atom. The van der Waals surface area contributed by atoms with Gasteiger partial charge in [0.25, 0.3) is 0 Å². The molecule has 0 aliphatic heterocycles. The molecule has 1 amide bonds. The maximum absolute atomic E-state index is 11.7. The minimum Gasteiger partial charge on any atom is -0.368 e. The third-order valence-corrected chi connectivity index (χ3v) is 3.73. The van der Waals surface area contributed by atoms with E-state index in [1.165, 1.54) is 19.3 Å². The summed E-state index contributed by atoms with van der Waals surface area (Å²) in [6.45, 7) is 2.97. The third-order valence-electron chi connectivity index (χ3n) is 3.73. The minimum atomic E-state index is -0.409. The lowest BCUT2D eigenvalue weighted by molar-refractivity contribution is -0.120. The summed E-state index contributed by atoms with van der Waals surface area (Å²) in [5.41, 5.74) is 6.41. The average molecular weight is 264 g/mol. The van der Waals surface area contributed by atoms with Crippen molar-refractivity contribution in [2.45, 2.75) is 64.1 Å². The van der Waals surface area contributed by atoms with Gasteiger partial charge >= 0.3 is 0 Å². The summed E-state index contributed by atoms with van der Waals surface area (Å²) in [7, 11) is 0. The van der Waals surface area contributed by atoms with E-state index in [2.05, 4.69) is 17.3 Å². The molecule has 0 saturated heterocycles. The van der Waals surface area contributed by atoms with Gasteiger partial charge in [0.05, 0.1) is 6.20 Å². The van der Waals surface area contributed by atoms with E-state index in [0.717, 1.165) is 31.4 Å². The molecule has 19 heavy (non-hydrogen) atoms. The fourth-order valence-corrected chi connectivity index (χ4v) is 2.73. The lowest BCUT2D eigenvalue weighted by atomic mass is 9.94. The fourth-order valence-electron chi connectivity index (χ4n) is 2.73. The molecule has 1 atom stereocenters. The fraction of sp³-hybridized carbons (Fsp3) is 0.714. The second kappa shape index (κ2) is 6.70. The molecule has 0 bridgehead atoms. The summed E-state index contributed by atoms with van der Waals surface area (Å²) >= 11 is 0. The Morgan fingerprint density at radius 1 is 1.53 bits per heavy atom. The van der Waals surface area contributed by atoms with Gasteiger partial charge in [0.15, 0.2) is 0 Å². The number of aryl methyl sites for hydroxylation is 1. The molecule has 1 fully saturated rings. The zero-order chi connectivity index (χ0) is 13.7. The Balaban J connectivity index is 2.03. The van der Waals surface area contributed by atoms with Crippen molar-refractivity contribution in [1.82, 2.24) is 15.1 Å². The summed E-state index contributed by atoms with van der Waals surface area (Å²) in [4.78, 5) is 11.7. The zero-order valence-corrected chi connectivity index (χ0v) is 11.6. The van der Waals surface area contributed by atoms with E-state index in [9.17, 15) is 4.79 Å². The number of carbonyl (C=O) groups excluding carboxylic acids is 1. The van der Waals surface area contributed by atoms with Gasteiger partial charge in [-0.15, -0.1) is 0 Å².